The number of anilines is 1. The summed E-state index contributed by atoms with van der Waals surface area (Å²) in [5.41, 5.74) is 9.68. The van der Waals surface area contributed by atoms with Crippen molar-refractivity contribution < 1.29 is 4.79 Å². The monoisotopic (exact) mass is 228 g/mol. The van der Waals surface area contributed by atoms with Crippen LogP contribution in [0.25, 0.3) is 0 Å². The summed E-state index contributed by atoms with van der Waals surface area (Å²) in [5.74, 6) is -0.319. The fourth-order valence-corrected chi connectivity index (χ4v) is 1.31. The molecule has 0 fully saturated rings. The van der Waals surface area contributed by atoms with Gasteiger partial charge in [-0.05, 0) is 18.6 Å². The van der Waals surface area contributed by atoms with E-state index in [1.165, 1.54) is 5.01 Å². The summed E-state index contributed by atoms with van der Waals surface area (Å²) in [6.45, 7) is 1.78. The third-order valence-corrected chi connectivity index (χ3v) is 2.27. The van der Waals surface area contributed by atoms with Crippen molar-refractivity contribution in [2.24, 2.45) is 0 Å². The maximum absolute atomic E-state index is 11.8. The van der Waals surface area contributed by atoms with Gasteiger partial charge in [0.15, 0.2) is 5.69 Å². The molecule has 0 saturated carbocycles. The van der Waals surface area contributed by atoms with Crippen molar-refractivity contribution in [1.29, 1.82) is 0 Å². The van der Waals surface area contributed by atoms with Gasteiger partial charge < -0.3 is 5.73 Å². The third-order valence-electron chi connectivity index (χ3n) is 2.08. The van der Waals surface area contributed by atoms with Crippen LogP contribution in [0.2, 0.25) is 5.15 Å². The van der Waals surface area contributed by atoms with Gasteiger partial charge in [-0.25, -0.2) is 10.4 Å². The van der Waals surface area contributed by atoms with Gasteiger partial charge in [0, 0.05) is 14.1 Å². The lowest BCUT2D eigenvalue weighted by molar-refractivity contribution is 0.0730. The van der Waals surface area contributed by atoms with Crippen LogP contribution < -0.4 is 11.2 Å². The number of nitrogens with one attached hydrogen (secondary N) is 1. The Balaban J connectivity index is 3.19. The van der Waals surface area contributed by atoms with Crippen molar-refractivity contribution in [3.05, 3.63) is 22.5 Å². The molecule has 0 radical (unpaired) electrons. The first-order valence-electron chi connectivity index (χ1n) is 4.35. The average Bonchev–Trinajstić information content (AvgIpc) is 2.21. The van der Waals surface area contributed by atoms with Crippen molar-refractivity contribution in [3.63, 3.8) is 0 Å². The van der Waals surface area contributed by atoms with E-state index in [9.17, 15) is 4.79 Å². The predicted molar refractivity (Wildman–Crippen MR) is 59.5 cm³/mol. The maximum atomic E-state index is 11.8. The lowest BCUT2D eigenvalue weighted by atomic mass is 10.2. The molecule has 0 aliphatic heterocycles. The topological polar surface area (TPSA) is 71.2 Å². The number of pyridine rings is 1. The Bertz CT molecular complexity index is 394. The van der Waals surface area contributed by atoms with Crippen molar-refractivity contribution in [3.8, 4) is 0 Å². The fourth-order valence-electron chi connectivity index (χ4n) is 1.07. The van der Waals surface area contributed by atoms with Crippen LogP contribution >= 0.6 is 11.6 Å². The van der Waals surface area contributed by atoms with Crippen molar-refractivity contribution in [1.82, 2.24) is 15.4 Å². The van der Waals surface area contributed by atoms with Crippen LogP contribution in [0.15, 0.2) is 6.07 Å². The molecule has 0 spiro atoms. The number of nitrogen functional groups attached to an aromatic ring is 1. The summed E-state index contributed by atoms with van der Waals surface area (Å²) >= 11 is 5.76. The molecule has 0 atom stereocenters. The molecule has 0 aromatic carbocycles. The van der Waals surface area contributed by atoms with E-state index in [0.717, 1.165) is 5.56 Å². The van der Waals surface area contributed by atoms with E-state index < -0.39 is 0 Å². The van der Waals surface area contributed by atoms with Gasteiger partial charge in [0.1, 0.15) is 5.15 Å². The number of nitrogens with zero attached hydrogens (tertiary/aromatic N) is 2. The van der Waals surface area contributed by atoms with Crippen LogP contribution in [0.1, 0.15) is 16.1 Å². The van der Waals surface area contributed by atoms with Crippen molar-refractivity contribution in [2.45, 2.75) is 6.92 Å². The summed E-state index contributed by atoms with van der Waals surface area (Å²) in [6, 6.07) is 1.62. The fraction of sp³-hybridized carbons (Fsp3) is 0.333. The largest absolute Gasteiger partial charge is 0.397 e. The zero-order valence-corrected chi connectivity index (χ0v) is 9.59. The van der Waals surface area contributed by atoms with Crippen molar-refractivity contribution >= 4 is 23.2 Å². The highest BCUT2D eigenvalue weighted by atomic mass is 35.5. The number of hydrogen-bond acceptors (Lipinski definition) is 4. The van der Waals surface area contributed by atoms with Gasteiger partial charge in [0.05, 0.1) is 5.69 Å². The Morgan fingerprint density at radius 1 is 1.67 bits per heavy atom. The number of rotatable bonds is 2. The minimum absolute atomic E-state index is 0.164. The highest BCUT2D eigenvalue weighted by molar-refractivity contribution is 6.29. The van der Waals surface area contributed by atoms with Gasteiger partial charge in [-0.3, -0.25) is 9.80 Å². The summed E-state index contributed by atoms with van der Waals surface area (Å²) in [6.07, 6.45) is 0. The first kappa shape index (κ1) is 11.7. The Morgan fingerprint density at radius 3 is 2.80 bits per heavy atom. The molecular formula is C9H13ClN4O. The molecule has 6 heteroatoms. The van der Waals surface area contributed by atoms with Crippen LogP contribution in [0, 0.1) is 6.92 Å². The van der Waals surface area contributed by atoms with Gasteiger partial charge >= 0.3 is 0 Å². The summed E-state index contributed by atoms with van der Waals surface area (Å²) in [5, 5.41) is 1.55. The molecule has 3 N–H and O–H groups in total. The molecule has 1 heterocycles. The second-order valence-corrected chi connectivity index (χ2v) is 3.50. The molecule has 0 aliphatic carbocycles. The number of aromatic nitrogens is 1. The van der Waals surface area contributed by atoms with Crippen molar-refractivity contribution in [2.75, 3.05) is 19.8 Å². The number of aryl methyl sites for hydroxylation is 1. The smallest absolute Gasteiger partial charge is 0.288 e. The number of nitrogens with two attached hydrogens (primary N) is 1. The average molecular weight is 229 g/mol. The van der Waals surface area contributed by atoms with E-state index in [1.807, 2.05) is 0 Å². The second-order valence-electron chi connectivity index (χ2n) is 3.11. The number of carbonyl (C=O) groups excluding carboxylic acids is 1. The summed E-state index contributed by atoms with van der Waals surface area (Å²) in [4.78, 5) is 15.7. The Hall–Kier alpha value is -1.33. The minimum atomic E-state index is -0.319. The highest BCUT2D eigenvalue weighted by Gasteiger charge is 2.17. The van der Waals surface area contributed by atoms with E-state index in [2.05, 4.69) is 10.4 Å². The standard InChI is InChI=1S/C9H13ClN4O/c1-5-4-6(10)13-8(7(5)11)9(15)14(3)12-2/h4,12H,11H2,1-3H3. The molecule has 0 saturated heterocycles. The molecule has 1 aromatic heterocycles. The van der Waals surface area contributed by atoms with E-state index in [1.54, 1.807) is 27.1 Å². The van der Waals surface area contributed by atoms with Gasteiger partial charge in [0.2, 0.25) is 0 Å². The van der Waals surface area contributed by atoms with E-state index in [-0.39, 0.29) is 16.8 Å². The highest BCUT2D eigenvalue weighted by Crippen LogP contribution is 2.19. The van der Waals surface area contributed by atoms with Crippen LogP contribution in [-0.2, 0) is 0 Å². The van der Waals surface area contributed by atoms with E-state index >= 15 is 0 Å². The molecule has 0 unspecified atom stereocenters. The Morgan fingerprint density at radius 2 is 2.27 bits per heavy atom. The minimum Gasteiger partial charge on any atom is -0.397 e. The van der Waals surface area contributed by atoms with Gasteiger partial charge in [0.25, 0.3) is 5.91 Å². The Kier molecular flexibility index (Phi) is 3.49. The van der Waals surface area contributed by atoms with Gasteiger partial charge in [-0.2, -0.15) is 0 Å². The number of hydrogen-bond donors (Lipinski definition) is 2. The Labute approximate surface area is 93.2 Å². The van der Waals surface area contributed by atoms with Crippen LogP contribution in [0.3, 0.4) is 0 Å². The molecule has 0 aliphatic rings. The number of hydrazine groups is 1. The number of carbonyl (C=O) groups is 1. The predicted octanol–water partition coefficient (Wildman–Crippen LogP) is 0.832. The molecular weight excluding hydrogens is 216 g/mol. The van der Waals surface area contributed by atoms with Crippen LogP contribution in [0.4, 0.5) is 5.69 Å². The third kappa shape index (κ3) is 2.37. The molecule has 1 rings (SSSR count). The number of amides is 1. The lowest BCUT2D eigenvalue weighted by Gasteiger charge is -2.16. The second kappa shape index (κ2) is 4.46. The normalized spacial score (nSPS) is 10.1. The zero-order chi connectivity index (χ0) is 11.6. The lowest BCUT2D eigenvalue weighted by Crippen LogP contribution is -2.37. The SMILES string of the molecule is CNN(C)C(=O)c1nc(Cl)cc(C)c1N. The summed E-state index contributed by atoms with van der Waals surface area (Å²) in [7, 11) is 3.21. The molecule has 1 aromatic rings. The number of halogens is 1. The van der Waals surface area contributed by atoms with Crippen LogP contribution in [-0.4, -0.2) is 30.0 Å². The molecule has 0 bridgehead atoms. The van der Waals surface area contributed by atoms with Gasteiger partial charge in [-0.15, -0.1) is 0 Å². The summed E-state index contributed by atoms with van der Waals surface area (Å²) < 4.78 is 0. The van der Waals surface area contributed by atoms with Crippen LogP contribution in [0.5, 0.6) is 0 Å². The molecule has 15 heavy (non-hydrogen) atoms. The molecule has 82 valence electrons. The van der Waals surface area contributed by atoms with Gasteiger partial charge in [-0.1, -0.05) is 11.6 Å². The quantitative estimate of drug-likeness (QED) is 0.581. The van der Waals surface area contributed by atoms with E-state index in [4.69, 9.17) is 17.3 Å². The zero-order valence-electron chi connectivity index (χ0n) is 8.84. The molecule has 1 amide bonds. The first-order chi connectivity index (χ1) is 6.97. The molecule has 5 nitrogen and oxygen atoms in total. The van der Waals surface area contributed by atoms with E-state index in [0.29, 0.717) is 5.69 Å². The first-order valence-corrected chi connectivity index (χ1v) is 4.73. The maximum Gasteiger partial charge on any atom is 0.288 e.